The Balaban J connectivity index is 1.72. The highest BCUT2D eigenvalue weighted by Gasteiger charge is 2.43. The van der Waals surface area contributed by atoms with Gasteiger partial charge in [-0.15, -0.1) is 0 Å². The second-order valence-corrected chi connectivity index (χ2v) is 9.85. The van der Waals surface area contributed by atoms with Gasteiger partial charge in [0.05, 0.1) is 17.8 Å². The van der Waals surface area contributed by atoms with Crippen LogP contribution in [-0.4, -0.2) is 16.3 Å². The molecule has 0 bridgehead atoms. The van der Waals surface area contributed by atoms with Gasteiger partial charge in [-0.2, -0.15) is 0 Å². The maximum Gasteiger partial charge on any atom is 0.232 e. The lowest BCUT2D eigenvalue weighted by molar-refractivity contribution is -0.119. The third-order valence-corrected chi connectivity index (χ3v) is 6.63. The molecule has 1 aromatic heterocycles. The molecule has 3 aromatic rings. The molecule has 2 aromatic carbocycles. The number of carbonyl (C=O) groups excluding carboxylic acids is 2. The van der Waals surface area contributed by atoms with E-state index in [1.165, 1.54) is 0 Å². The van der Waals surface area contributed by atoms with Crippen LogP contribution in [0, 0.1) is 5.41 Å². The molecule has 168 valence electrons. The average Bonchev–Trinajstić information content (AvgIpc) is 3.12. The third-order valence-electron chi connectivity index (χ3n) is 6.63. The molecule has 0 radical (unpaired) electrons. The highest BCUT2D eigenvalue weighted by atomic mass is 16.2. The smallest absolute Gasteiger partial charge is 0.232 e. The van der Waals surface area contributed by atoms with E-state index in [-0.39, 0.29) is 23.5 Å². The Morgan fingerprint density at radius 2 is 1.73 bits per heavy atom. The molecule has 1 aliphatic carbocycles. The summed E-state index contributed by atoms with van der Waals surface area (Å²) < 4.78 is 2.01. The predicted molar refractivity (Wildman–Crippen MR) is 131 cm³/mol. The molecule has 33 heavy (non-hydrogen) atoms. The van der Waals surface area contributed by atoms with E-state index in [1.54, 1.807) is 0 Å². The van der Waals surface area contributed by atoms with Crippen molar-refractivity contribution in [1.29, 1.82) is 0 Å². The molecule has 2 aliphatic rings. The summed E-state index contributed by atoms with van der Waals surface area (Å²) in [6, 6.07) is 21.1. The summed E-state index contributed by atoms with van der Waals surface area (Å²) in [5, 5.41) is 3.56. The van der Waals surface area contributed by atoms with Crippen molar-refractivity contribution in [2.75, 3.05) is 10.2 Å². The molecule has 0 unspecified atom stereocenters. The predicted octanol–water partition coefficient (Wildman–Crippen LogP) is 5.41. The number of allylic oxidation sites excluding steroid dienone is 1. The normalized spacial score (nSPS) is 19.4. The number of carbonyl (C=O) groups is 2. The van der Waals surface area contributed by atoms with Crippen molar-refractivity contribution in [3.05, 3.63) is 95.5 Å². The second kappa shape index (κ2) is 8.07. The van der Waals surface area contributed by atoms with Gasteiger partial charge in [-0.1, -0.05) is 56.3 Å². The molecule has 1 N–H and O–H groups in total. The van der Waals surface area contributed by atoms with E-state index in [9.17, 15) is 9.59 Å². The lowest BCUT2D eigenvalue weighted by Crippen LogP contribution is -2.41. The van der Waals surface area contributed by atoms with E-state index in [1.807, 2.05) is 89.4 Å². The Bertz CT molecular complexity index is 1250. The average molecular weight is 440 g/mol. The highest BCUT2D eigenvalue weighted by Crippen LogP contribution is 2.48. The summed E-state index contributed by atoms with van der Waals surface area (Å²) >= 11 is 0. The van der Waals surface area contributed by atoms with E-state index >= 15 is 0 Å². The number of hydrogen-bond donors (Lipinski definition) is 1. The minimum atomic E-state index is -0.490. The number of aromatic nitrogens is 1. The van der Waals surface area contributed by atoms with Gasteiger partial charge >= 0.3 is 0 Å². The van der Waals surface area contributed by atoms with Gasteiger partial charge in [-0.3, -0.25) is 14.5 Å². The summed E-state index contributed by atoms with van der Waals surface area (Å²) in [6.45, 7) is 4.26. The third kappa shape index (κ3) is 3.88. The first-order valence-corrected chi connectivity index (χ1v) is 11.4. The fraction of sp³-hybridized carbons (Fsp3) is 0.286. The lowest BCUT2D eigenvalue weighted by atomic mass is 9.73. The van der Waals surface area contributed by atoms with E-state index in [4.69, 9.17) is 0 Å². The van der Waals surface area contributed by atoms with E-state index in [2.05, 4.69) is 19.2 Å². The number of aryl methyl sites for hydroxylation is 1. The summed E-state index contributed by atoms with van der Waals surface area (Å²) in [5.74, 6) is 0.0679. The van der Waals surface area contributed by atoms with Gasteiger partial charge in [0.25, 0.3) is 0 Å². The standard InChI is InChI=1S/C28H29N3O2/c1-28(2)17-21-26(24(32)18-28)27(23-14-9-15-30(23)3)31(22-13-8-7-12-20(22)29-21)25(33)16-19-10-5-4-6-11-19/h4-15,27,29H,16-18H2,1-3H3/t27-/m0/s1. The lowest BCUT2D eigenvalue weighted by Gasteiger charge is -2.37. The van der Waals surface area contributed by atoms with Crippen molar-refractivity contribution in [2.24, 2.45) is 12.5 Å². The molecular weight excluding hydrogens is 410 g/mol. The number of Topliss-reactive ketones (excluding diaryl/α,β-unsaturated/α-hetero) is 1. The summed E-state index contributed by atoms with van der Waals surface area (Å²) in [5.41, 5.74) is 5.01. The summed E-state index contributed by atoms with van der Waals surface area (Å²) in [4.78, 5) is 29.4. The van der Waals surface area contributed by atoms with Crippen LogP contribution in [0.25, 0.3) is 0 Å². The number of fused-ring (bicyclic) bond motifs is 1. The number of rotatable bonds is 3. The zero-order valence-corrected chi connectivity index (χ0v) is 19.3. The van der Waals surface area contributed by atoms with Crippen LogP contribution in [0.5, 0.6) is 0 Å². The minimum absolute atomic E-state index is 0.0342. The molecule has 0 spiro atoms. The Morgan fingerprint density at radius 1 is 1.00 bits per heavy atom. The molecule has 2 heterocycles. The first kappa shape index (κ1) is 21.3. The molecule has 5 heteroatoms. The van der Waals surface area contributed by atoms with Crippen LogP contribution in [0.2, 0.25) is 0 Å². The van der Waals surface area contributed by atoms with Crippen LogP contribution in [0.3, 0.4) is 0 Å². The summed E-state index contributed by atoms with van der Waals surface area (Å²) in [6.07, 6.45) is 3.45. The van der Waals surface area contributed by atoms with Gasteiger partial charge in [-0.05, 0) is 41.7 Å². The Kier molecular flexibility index (Phi) is 5.20. The van der Waals surface area contributed by atoms with Crippen molar-refractivity contribution in [3.8, 4) is 0 Å². The monoisotopic (exact) mass is 439 g/mol. The van der Waals surface area contributed by atoms with Crippen LogP contribution in [0.4, 0.5) is 11.4 Å². The minimum Gasteiger partial charge on any atom is -0.357 e. The zero-order chi connectivity index (χ0) is 23.2. The first-order valence-electron chi connectivity index (χ1n) is 11.4. The molecule has 1 amide bonds. The number of anilines is 2. The van der Waals surface area contributed by atoms with E-state index in [0.717, 1.165) is 34.8 Å². The maximum atomic E-state index is 14.0. The van der Waals surface area contributed by atoms with Gasteiger partial charge < -0.3 is 9.88 Å². The topological polar surface area (TPSA) is 54.3 Å². The van der Waals surface area contributed by atoms with E-state index in [0.29, 0.717) is 12.0 Å². The molecule has 1 atom stereocenters. The van der Waals surface area contributed by atoms with Crippen LogP contribution in [0.15, 0.2) is 84.2 Å². The Labute approximate surface area is 194 Å². The fourth-order valence-corrected chi connectivity index (χ4v) is 5.16. The Morgan fingerprint density at radius 3 is 2.45 bits per heavy atom. The number of amides is 1. The summed E-state index contributed by atoms with van der Waals surface area (Å²) in [7, 11) is 1.97. The molecule has 0 saturated heterocycles. The van der Waals surface area contributed by atoms with Crippen molar-refractivity contribution >= 4 is 23.1 Å². The molecule has 0 saturated carbocycles. The van der Waals surface area contributed by atoms with Gasteiger partial charge in [0.2, 0.25) is 5.91 Å². The Hall–Kier alpha value is -3.60. The van der Waals surface area contributed by atoms with Crippen LogP contribution < -0.4 is 10.2 Å². The second-order valence-electron chi connectivity index (χ2n) is 9.85. The zero-order valence-electron chi connectivity index (χ0n) is 19.3. The van der Waals surface area contributed by atoms with Crippen LogP contribution in [0.1, 0.15) is 44.0 Å². The van der Waals surface area contributed by atoms with Crippen LogP contribution >= 0.6 is 0 Å². The van der Waals surface area contributed by atoms with Crippen molar-refractivity contribution in [2.45, 2.75) is 39.2 Å². The van der Waals surface area contributed by atoms with Crippen molar-refractivity contribution < 1.29 is 9.59 Å². The quantitative estimate of drug-likeness (QED) is 0.594. The molecule has 5 rings (SSSR count). The molecule has 5 nitrogen and oxygen atoms in total. The number of hydrogen-bond acceptors (Lipinski definition) is 3. The largest absolute Gasteiger partial charge is 0.357 e. The molecule has 1 aliphatic heterocycles. The number of ketones is 1. The fourth-order valence-electron chi connectivity index (χ4n) is 5.16. The van der Waals surface area contributed by atoms with Crippen LogP contribution in [-0.2, 0) is 23.1 Å². The van der Waals surface area contributed by atoms with Crippen molar-refractivity contribution in [1.82, 2.24) is 4.57 Å². The van der Waals surface area contributed by atoms with Gasteiger partial charge in [-0.25, -0.2) is 0 Å². The van der Waals surface area contributed by atoms with Gasteiger partial charge in [0.1, 0.15) is 6.04 Å². The number of nitrogens with zero attached hydrogens (tertiary/aromatic N) is 2. The van der Waals surface area contributed by atoms with Gasteiger partial charge in [0.15, 0.2) is 5.78 Å². The first-order chi connectivity index (χ1) is 15.8. The number of para-hydroxylation sites is 2. The number of nitrogens with one attached hydrogen (secondary N) is 1. The number of benzene rings is 2. The van der Waals surface area contributed by atoms with Crippen molar-refractivity contribution in [3.63, 3.8) is 0 Å². The van der Waals surface area contributed by atoms with E-state index < -0.39 is 6.04 Å². The molecular formula is C28H29N3O2. The molecule has 0 fully saturated rings. The SMILES string of the molecule is Cn1cccc1[C@H]1C2=C(CC(C)(C)CC2=O)Nc2ccccc2N1C(=O)Cc1ccccc1. The van der Waals surface area contributed by atoms with Gasteiger partial charge in [0, 0.05) is 36.6 Å². The highest BCUT2D eigenvalue weighted by molar-refractivity contribution is 6.06. The maximum absolute atomic E-state index is 14.0.